The van der Waals surface area contributed by atoms with Gasteiger partial charge in [-0.2, -0.15) is 20.3 Å². The number of nitrogens with two attached hydrogens (primary N) is 2. The van der Waals surface area contributed by atoms with Gasteiger partial charge in [0.15, 0.2) is 23.1 Å². The molecule has 6 aliphatic heterocycles. The van der Waals surface area contributed by atoms with Crippen LogP contribution in [0.1, 0.15) is 289 Å². The SMILES string of the molecule is CC1(C)CC(=c2c3ccc(N)cc3c(=C3CC(C)(C)N(O)C(C)(C)C3)c3ccc(N)cc23)CC(C)(C)N1O.CNc1ccc2c(=C3CC(C)(C)N(O)C(C)(C)C3)c3cc(CC(=O)c4ccc(C(=O)c5ccc(C(=O)O)c(C(C)=O)c5)cc4C(=O)O)ccc3c(=C3CC(C)(C)N(O)C(C)(C)C3)c2c1.O=C(c1ccc2c(c1)C(=O)OC2=O)c1ccc2c(c1)C(=O)OC2=O. The molecule has 0 unspecified atom stereocenters. The first-order valence-electron chi connectivity index (χ1n) is 42.0. The lowest BCUT2D eigenvalue weighted by atomic mass is 9.75. The smallest absolute Gasteiger partial charge is 0.346 e. The number of fused-ring (bicyclic) bond motifs is 6. The van der Waals surface area contributed by atoms with Gasteiger partial charge in [-0.05, 0) is 324 Å². The molecule has 0 spiro atoms. The number of esters is 4. The third kappa shape index (κ3) is 16.3. The third-order valence-electron chi connectivity index (χ3n) is 25.7. The number of nitrogens with zero attached hydrogens (tertiary/aromatic N) is 4. The first-order valence-corrected chi connectivity index (χ1v) is 42.0. The number of hydroxylamine groups is 8. The minimum absolute atomic E-state index is 0.00633. The van der Waals surface area contributed by atoms with E-state index in [9.17, 15) is 79.0 Å². The van der Waals surface area contributed by atoms with Crippen molar-refractivity contribution in [3.63, 3.8) is 0 Å². The Hall–Kier alpha value is -12.3. The summed E-state index contributed by atoms with van der Waals surface area (Å²) in [5.41, 5.74) is 16.4. The molecule has 10 aromatic rings. The zero-order valence-electron chi connectivity index (χ0n) is 74.2. The average Bonchev–Trinajstić information content (AvgIpc) is 1.26. The Morgan fingerprint density at radius 3 is 0.976 bits per heavy atom. The minimum Gasteiger partial charge on any atom is -0.478 e. The first-order chi connectivity index (χ1) is 58.7. The van der Waals surface area contributed by atoms with E-state index in [0.29, 0.717) is 31.2 Å². The fraction of sp³-hybridized carbons (Fsp3) is 0.347. The molecule has 126 heavy (non-hydrogen) atoms. The number of Topliss-reactive ketones (excluding diaryl/α,β-unsaturated/α-hetero) is 2. The molecule has 11 N–H and O–H groups in total. The number of rotatable bonds is 11. The number of ketones is 4. The van der Waals surface area contributed by atoms with Crippen LogP contribution in [0, 0.1) is 0 Å². The summed E-state index contributed by atoms with van der Waals surface area (Å²) in [5.74, 6) is -8.01. The van der Waals surface area contributed by atoms with Gasteiger partial charge in [-0.15, -0.1) is 0 Å². The monoisotopic (exact) mass is 1710 g/mol. The number of cyclic esters (lactones) is 4. The Morgan fingerprint density at radius 2 is 0.635 bits per heavy atom. The molecule has 0 bridgehead atoms. The number of carbonyl (C=O) groups excluding carboxylic acids is 8. The number of hydrogen-bond acceptors (Lipinski definition) is 23. The van der Waals surface area contributed by atoms with Gasteiger partial charge in [0.05, 0.1) is 33.4 Å². The van der Waals surface area contributed by atoms with E-state index in [1.54, 1.807) is 0 Å². The highest BCUT2D eigenvalue weighted by Crippen LogP contribution is 2.46. The minimum atomic E-state index is -1.41. The van der Waals surface area contributed by atoms with E-state index in [4.69, 9.17) is 11.5 Å². The van der Waals surface area contributed by atoms with E-state index in [1.807, 2.05) is 92.8 Å². The highest BCUT2D eigenvalue weighted by Gasteiger charge is 2.48. The molecule has 0 radical (unpaired) electrons. The number of nitrogen functional groups attached to an aromatic ring is 2. The number of ether oxygens (including phenoxy) is 2. The molecule has 4 fully saturated rings. The van der Waals surface area contributed by atoms with Gasteiger partial charge in [-0.3, -0.25) is 19.2 Å². The standard InChI is InChI=1S/C52H57N3O9.C32H44N4O2.C17H6O7/c1-28(56)39-21-30(13-17-38(39)47(59)60)46(58)31-12-16-35(42(22-31)48(61)62)43(57)20-29-11-15-36-40(19-29)44(32-24-49(2,3)54(63)50(4,5)25-32)37-18-14-34(53-10)23-41(37)45(36)33-26-51(6,7)55(64)52(8,9)27-33;1-29(2)15-19(16-30(3,4)35(29)37)27-23-11-9-22(34)14-26(23)28(24-12-10-21(33)13-25(24)27)20-17-31(5,6)36(38)32(7,8)18-20;18-13(7-1-3-9-11(5-7)16(21)23-14(9)19)8-2-4-10-12(6-8)17(22)24-15(10)20/h11-19,21-23,53,63-64H,20,24-27H2,1-10H3,(H,59,60)(H,61,62);9-14,37-38H,15-18,33-34H2,1-8H3;1-6H. The summed E-state index contributed by atoms with van der Waals surface area (Å²) in [6.45, 7) is 34.2. The number of anilines is 3. The number of aromatic carboxylic acids is 2. The Kier molecular flexibility index (Phi) is 22.8. The molecule has 25 nitrogen and oxygen atoms in total. The van der Waals surface area contributed by atoms with Gasteiger partial charge in [-0.25, -0.2) is 28.8 Å². The summed E-state index contributed by atoms with van der Waals surface area (Å²) in [6.07, 6.45) is 5.14. The third-order valence-corrected chi connectivity index (χ3v) is 25.7. The Morgan fingerprint density at radius 1 is 0.341 bits per heavy atom. The molecule has 0 atom stereocenters. The van der Waals surface area contributed by atoms with Gasteiger partial charge < -0.3 is 57.3 Å². The van der Waals surface area contributed by atoms with E-state index in [1.165, 1.54) is 115 Å². The maximum Gasteiger partial charge on any atom is 0.346 e. The fourth-order valence-corrected chi connectivity index (χ4v) is 20.7. The number of benzene rings is 10. The number of carbonyl (C=O) groups is 10. The van der Waals surface area contributed by atoms with Crippen LogP contribution in [0.5, 0.6) is 0 Å². The largest absolute Gasteiger partial charge is 0.478 e. The topological polar surface area (TPSA) is 388 Å². The molecule has 0 amide bonds. The predicted octanol–water partition coefficient (Wildman–Crippen LogP) is 15.8. The van der Waals surface area contributed by atoms with Crippen LogP contribution in [-0.2, 0) is 15.9 Å². The van der Waals surface area contributed by atoms with Crippen molar-refractivity contribution in [2.75, 3.05) is 23.8 Å². The summed E-state index contributed by atoms with van der Waals surface area (Å²) >= 11 is 0. The van der Waals surface area contributed by atoms with Crippen molar-refractivity contribution < 1.29 is 88.5 Å². The van der Waals surface area contributed by atoms with E-state index in [-0.39, 0.29) is 73.2 Å². The maximum absolute atomic E-state index is 14.3. The molecule has 16 rings (SSSR count). The molecule has 0 aromatic heterocycles. The van der Waals surface area contributed by atoms with Gasteiger partial charge in [0, 0.05) is 108 Å². The van der Waals surface area contributed by atoms with Gasteiger partial charge in [0.25, 0.3) is 0 Å². The summed E-state index contributed by atoms with van der Waals surface area (Å²) in [5, 5.41) is 87.1. The molecule has 10 aromatic carbocycles. The van der Waals surface area contributed by atoms with E-state index in [2.05, 4.69) is 113 Å². The van der Waals surface area contributed by atoms with Gasteiger partial charge in [0.2, 0.25) is 0 Å². The van der Waals surface area contributed by atoms with Crippen molar-refractivity contribution in [2.45, 2.75) is 220 Å². The van der Waals surface area contributed by atoms with Crippen molar-refractivity contribution >= 4 is 141 Å². The van der Waals surface area contributed by atoms with Crippen molar-refractivity contribution in [1.82, 2.24) is 20.3 Å². The quantitative estimate of drug-likeness (QED) is 0.0191. The summed E-state index contributed by atoms with van der Waals surface area (Å²) in [4.78, 5) is 123. The zero-order valence-corrected chi connectivity index (χ0v) is 74.2. The van der Waals surface area contributed by atoms with E-state index < -0.39 is 103 Å². The lowest BCUT2D eigenvalue weighted by Crippen LogP contribution is -2.57. The van der Waals surface area contributed by atoms with Crippen molar-refractivity contribution in [3.05, 3.63) is 239 Å². The Labute approximate surface area is 728 Å². The number of carboxylic acid groups (broad SMARTS) is 2. The highest BCUT2D eigenvalue weighted by atomic mass is 16.6. The van der Waals surface area contributed by atoms with Crippen LogP contribution in [0.4, 0.5) is 17.1 Å². The molecule has 25 heteroatoms. The molecule has 0 aliphatic carbocycles. The second kappa shape index (κ2) is 32.0. The number of nitrogens with one attached hydrogen (secondary N) is 1. The van der Waals surface area contributed by atoms with Crippen LogP contribution < -0.4 is 37.7 Å². The van der Waals surface area contributed by atoms with Crippen LogP contribution in [0.2, 0.25) is 0 Å². The second-order valence-electron chi connectivity index (χ2n) is 39.4. The van der Waals surface area contributed by atoms with Crippen LogP contribution in [0.25, 0.3) is 65.4 Å². The van der Waals surface area contributed by atoms with Crippen LogP contribution in [0.15, 0.2) is 146 Å². The van der Waals surface area contributed by atoms with Crippen LogP contribution >= 0.6 is 0 Å². The lowest BCUT2D eigenvalue weighted by molar-refractivity contribution is -0.228. The first kappa shape index (κ1) is 90.0. The van der Waals surface area contributed by atoms with Crippen LogP contribution in [0.3, 0.4) is 0 Å². The normalized spacial score (nSPS) is 19.2. The summed E-state index contributed by atoms with van der Waals surface area (Å²) < 4.78 is 8.94. The lowest BCUT2D eigenvalue weighted by Gasteiger charge is -2.50. The van der Waals surface area contributed by atoms with Crippen LogP contribution in [-0.4, -0.2) is 162 Å². The second-order valence-corrected chi connectivity index (χ2v) is 39.4. The molecule has 6 aliphatic rings. The predicted molar refractivity (Wildman–Crippen MR) is 482 cm³/mol. The number of carboxylic acids is 2. The molecule has 6 heterocycles. The van der Waals surface area contributed by atoms with Gasteiger partial charge in [-0.1, -0.05) is 83.0 Å². The van der Waals surface area contributed by atoms with Crippen molar-refractivity contribution in [1.29, 1.82) is 0 Å². The molecular weight excluding hydrogens is 1600 g/mol. The molecule has 4 saturated heterocycles. The average molecular weight is 1710 g/mol. The summed E-state index contributed by atoms with van der Waals surface area (Å²) in [6, 6.07) is 40.3. The Balaban J connectivity index is 0.000000173. The zero-order chi connectivity index (χ0) is 92.0. The van der Waals surface area contributed by atoms with Crippen molar-refractivity contribution in [3.8, 4) is 0 Å². The molecule has 0 saturated carbocycles. The molecular formula is C101H107N7O18. The Bertz CT molecular complexity index is 6480. The summed E-state index contributed by atoms with van der Waals surface area (Å²) in [7, 11) is 1.89. The number of hydrogen-bond donors (Lipinski definition) is 9. The fourth-order valence-electron chi connectivity index (χ4n) is 20.7. The van der Waals surface area contributed by atoms with E-state index >= 15 is 0 Å². The highest BCUT2D eigenvalue weighted by molar-refractivity contribution is 6.20. The number of piperidine rings is 4. The van der Waals surface area contributed by atoms with Gasteiger partial charge >= 0.3 is 35.8 Å². The maximum atomic E-state index is 14.3. The molecule has 654 valence electrons. The van der Waals surface area contributed by atoms with Gasteiger partial charge in [0.1, 0.15) is 0 Å². The van der Waals surface area contributed by atoms with Crippen molar-refractivity contribution in [2.24, 2.45) is 0 Å². The van der Waals surface area contributed by atoms with E-state index in [0.717, 1.165) is 114 Å².